The highest BCUT2D eigenvalue weighted by Gasteiger charge is 2.22. The second-order valence-electron chi connectivity index (χ2n) is 4.17. The zero-order chi connectivity index (χ0) is 13.9. The van der Waals surface area contributed by atoms with Gasteiger partial charge in [-0.15, -0.1) is 0 Å². The number of rotatable bonds is 5. The first-order valence-electron chi connectivity index (χ1n) is 5.61. The average molecular weight is 253 g/mol. The number of hydrogen-bond donors (Lipinski definition) is 2. The van der Waals surface area contributed by atoms with Crippen LogP contribution in [0, 0.1) is 13.8 Å². The van der Waals surface area contributed by atoms with Crippen molar-refractivity contribution < 1.29 is 19.4 Å². The molecule has 1 unspecified atom stereocenters. The highest BCUT2D eigenvalue weighted by atomic mass is 16.5. The molecule has 0 radical (unpaired) electrons. The first kappa shape index (κ1) is 14.3. The van der Waals surface area contributed by atoms with Gasteiger partial charge in [-0.1, -0.05) is 0 Å². The summed E-state index contributed by atoms with van der Waals surface area (Å²) in [6.45, 7) is 3.72. The van der Waals surface area contributed by atoms with Crippen LogP contribution in [-0.4, -0.2) is 25.3 Å². The number of methoxy groups -OCH3 is 2. The molecule has 5 nitrogen and oxygen atoms in total. The molecule has 0 aliphatic carbocycles. The number of aryl methyl sites for hydroxylation is 1. The van der Waals surface area contributed by atoms with Crippen molar-refractivity contribution in [3.8, 4) is 11.5 Å². The second-order valence-corrected chi connectivity index (χ2v) is 4.17. The topological polar surface area (TPSA) is 81.8 Å². The monoisotopic (exact) mass is 253 g/mol. The third-order valence-corrected chi connectivity index (χ3v) is 2.91. The predicted octanol–water partition coefficient (Wildman–Crippen LogP) is 1.80. The molecule has 1 rings (SSSR count). The van der Waals surface area contributed by atoms with Crippen LogP contribution in [0.5, 0.6) is 11.5 Å². The molecule has 0 spiro atoms. The molecule has 5 heteroatoms. The van der Waals surface area contributed by atoms with Gasteiger partial charge in [-0.25, -0.2) is 0 Å². The molecule has 100 valence electrons. The van der Waals surface area contributed by atoms with E-state index in [4.69, 9.17) is 20.3 Å². The third-order valence-electron chi connectivity index (χ3n) is 2.91. The van der Waals surface area contributed by atoms with E-state index in [0.29, 0.717) is 17.1 Å². The van der Waals surface area contributed by atoms with Gasteiger partial charge in [0.05, 0.1) is 20.6 Å². The van der Waals surface area contributed by atoms with Gasteiger partial charge in [0.2, 0.25) is 0 Å². The summed E-state index contributed by atoms with van der Waals surface area (Å²) in [6.07, 6.45) is -0.149. The summed E-state index contributed by atoms with van der Waals surface area (Å²) in [5, 5.41) is 8.84. The lowest BCUT2D eigenvalue weighted by molar-refractivity contribution is -0.137. The molecule has 0 aliphatic rings. The molecule has 0 aliphatic heterocycles. The fraction of sp³-hybridized carbons (Fsp3) is 0.462. The Balaban J connectivity index is 3.37. The molecule has 1 aromatic carbocycles. The largest absolute Gasteiger partial charge is 0.496 e. The van der Waals surface area contributed by atoms with Crippen LogP contribution < -0.4 is 15.2 Å². The molecular formula is C13H19NO4. The Hall–Kier alpha value is -1.75. The summed E-state index contributed by atoms with van der Waals surface area (Å²) >= 11 is 0. The van der Waals surface area contributed by atoms with Gasteiger partial charge in [-0.2, -0.15) is 0 Å². The average Bonchev–Trinajstić information content (AvgIpc) is 2.29. The van der Waals surface area contributed by atoms with E-state index in [2.05, 4.69) is 0 Å². The van der Waals surface area contributed by atoms with Crippen molar-refractivity contribution in [2.24, 2.45) is 5.73 Å². The van der Waals surface area contributed by atoms with E-state index >= 15 is 0 Å². The molecule has 0 heterocycles. The lowest BCUT2D eigenvalue weighted by Gasteiger charge is -2.21. The number of carboxylic acid groups (broad SMARTS) is 1. The van der Waals surface area contributed by atoms with E-state index in [-0.39, 0.29) is 6.42 Å². The van der Waals surface area contributed by atoms with Crippen molar-refractivity contribution in [2.45, 2.75) is 26.3 Å². The Bertz CT molecular complexity index is 457. The molecule has 1 atom stereocenters. The van der Waals surface area contributed by atoms with Crippen molar-refractivity contribution in [3.63, 3.8) is 0 Å². The maximum absolute atomic E-state index is 10.8. The molecule has 0 fully saturated rings. The number of hydrogen-bond acceptors (Lipinski definition) is 4. The zero-order valence-corrected chi connectivity index (χ0v) is 11.1. The zero-order valence-electron chi connectivity index (χ0n) is 11.1. The quantitative estimate of drug-likeness (QED) is 0.836. The third kappa shape index (κ3) is 2.73. The number of ether oxygens (including phenoxy) is 2. The SMILES string of the molecule is COc1cc(C)c(OC)c(C(N)CC(=O)O)c1C. The van der Waals surface area contributed by atoms with Gasteiger partial charge in [0.15, 0.2) is 0 Å². The Morgan fingerprint density at radius 2 is 2.00 bits per heavy atom. The molecule has 0 aromatic heterocycles. The number of carbonyl (C=O) groups is 1. The first-order valence-corrected chi connectivity index (χ1v) is 5.61. The number of aliphatic carboxylic acids is 1. The number of carboxylic acids is 1. The molecule has 0 amide bonds. The molecule has 0 saturated heterocycles. The summed E-state index contributed by atoms with van der Waals surface area (Å²) in [6, 6.07) is 1.23. The fourth-order valence-electron chi connectivity index (χ4n) is 2.11. The molecule has 0 saturated carbocycles. The van der Waals surface area contributed by atoms with Crippen molar-refractivity contribution in [3.05, 3.63) is 22.8 Å². The van der Waals surface area contributed by atoms with Crippen LogP contribution in [-0.2, 0) is 4.79 Å². The van der Waals surface area contributed by atoms with Crippen LogP contribution in [0.25, 0.3) is 0 Å². The Kier molecular flexibility index (Phi) is 4.55. The van der Waals surface area contributed by atoms with Crippen molar-refractivity contribution in [1.29, 1.82) is 0 Å². The van der Waals surface area contributed by atoms with Crippen LogP contribution in [0.15, 0.2) is 6.07 Å². The van der Waals surface area contributed by atoms with Gasteiger partial charge in [0.25, 0.3) is 0 Å². The molecular weight excluding hydrogens is 234 g/mol. The van der Waals surface area contributed by atoms with E-state index in [0.717, 1.165) is 11.1 Å². The van der Waals surface area contributed by atoms with E-state index < -0.39 is 12.0 Å². The van der Waals surface area contributed by atoms with E-state index in [1.165, 1.54) is 0 Å². The maximum atomic E-state index is 10.8. The summed E-state index contributed by atoms with van der Waals surface area (Å²) in [5.74, 6) is 0.371. The predicted molar refractivity (Wildman–Crippen MR) is 68.2 cm³/mol. The highest BCUT2D eigenvalue weighted by molar-refractivity contribution is 5.69. The lowest BCUT2D eigenvalue weighted by atomic mass is 9.95. The van der Waals surface area contributed by atoms with Crippen molar-refractivity contribution >= 4 is 5.97 Å². The maximum Gasteiger partial charge on any atom is 0.305 e. The molecule has 1 aromatic rings. The number of benzene rings is 1. The molecule has 3 N–H and O–H groups in total. The van der Waals surface area contributed by atoms with E-state index in [1.807, 2.05) is 19.9 Å². The highest BCUT2D eigenvalue weighted by Crippen LogP contribution is 2.37. The minimum atomic E-state index is -0.940. The van der Waals surface area contributed by atoms with Crippen molar-refractivity contribution in [2.75, 3.05) is 14.2 Å². The van der Waals surface area contributed by atoms with Crippen LogP contribution in [0.2, 0.25) is 0 Å². The van der Waals surface area contributed by atoms with Gasteiger partial charge < -0.3 is 20.3 Å². The van der Waals surface area contributed by atoms with Gasteiger partial charge in [-0.05, 0) is 31.0 Å². The Morgan fingerprint density at radius 3 is 2.44 bits per heavy atom. The standard InChI is InChI=1S/C13H19NO4/c1-7-5-10(17-3)8(2)12(13(7)18-4)9(14)6-11(15)16/h5,9H,6,14H2,1-4H3,(H,15,16). The van der Waals surface area contributed by atoms with E-state index in [9.17, 15) is 4.79 Å². The lowest BCUT2D eigenvalue weighted by Crippen LogP contribution is -2.18. The summed E-state index contributed by atoms with van der Waals surface area (Å²) in [4.78, 5) is 10.8. The smallest absolute Gasteiger partial charge is 0.305 e. The van der Waals surface area contributed by atoms with Crippen molar-refractivity contribution in [1.82, 2.24) is 0 Å². The second kappa shape index (κ2) is 5.73. The Morgan fingerprint density at radius 1 is 1.39 bits per heavy atom. The van der Waals surface area contributed by atoms with Gasteiger partial charge in [-0.3, -0.25) is 4.79 Å². The van der Waals surface area contributed by atoms with E-state index in [1.54, 1.807) is 14.2 Å². The van der Waals surface area contributed by atoms with Crippen LogP contribution in [0.1, 0.15) is 29.2 Å². The minimum absolute atomic E-state index is 0.149. The van der Waals surface area contributed by atoms with Crippen LogP contribution in [0.3, 0.4) is 0 Å². The number of nitrogens with two attached hydrogens (primary N) is 1. The van der Waals surface area contributed by atoms with Crippen LogP contribution >= 0.6 is 0 Å². The molecule has 18 heavy (non-hydrogen) atoms. The van der Waals surface area contributed by atoms with Crippen LogP contribution in [0.4, 0.5) is 0 Å². The summed E-state index contributed by atoms with van der Waals surface area (Å²) < 4.78 is 10.6. The Labute approximate surface area is 107 Å². The fourth-order valence-corrected chi connectivity index (χ4v) is 2.11. The molecule has 0 bridgehead atoms. The summed E-state index contributed by atoms with van der Waals surface area (Å²) in [5.41, 5.74) is 8.33. The first-order chi connectivity index (χ1) is 8.42. The summed E-state index contributed by atoms with van der Waals surface area (Å²) in [7, 11) is 3.12. The van der Waals surface area contributed by atoms with Gasteiger partial charge in [0.1, 0.15) is 11.5 Å². The minimum Gasteiger partial charge on any atom is -0.496 e. The van der Waals surface area contributed by atoms with Gasteiger partial charge >= 0.3 is 5.97 Å². The van der Waals surface area contributed by atoms with Gasteiger partial charge in [0, 0.05) is 11.6 Å². The normalized spacial score (nSPS) is 12.1.